The molecule has 1 saturated carbocycles. The van der Waals surface area contributed by atoms with Gasteiger partial charge in [0.15, 0.2) is 5.82 Å². The molecule has 0 saturated heterocycles. The Bertz CT molecular complexity index is 1280. The van der Waals surface area contributed by atoms with E-state index < -0.39 is 12.0 Å². The largest absolute Gasteiger partial charge is 0.390 e. The fourth-order valence-electron chi connectivity index (χ4n) is 5.29. The van der Waals surface area contributed by atoms with Crippen LogP contribution >= 0.6 is 0 Å². The highest BCUT2D eigenvalue weighted by Crippen LogP contribution is 2.40. The summed E-state index contributed by atoms with van der Waals surface area (Å²) in [6.45, 7) is 3.83. The maximum atomic E-state index is 12.7. The second-order valence-electron chi connectivity index (χ2n) is 10.2. The number of pyridine rings is 1. The van der Waals surface area contributed by atoms with Gasteiger partial charge in [0, 0.05) is 42.9 Å². The van der Waals surface area contributed by atoms with E-state index in [2.05, 4.69) is 20.7 Å². The number of aliphatic hydroxyl groups is 1. The highest BCUT2D eigenvalue weighted by atomic mass is 19.3. The predicted molar refractivity (Wildman–Crippen MR) is 138 cm³/mol. The number of fused-ring (bicyclic) bond motifs is 2. The molecule has 5 rings (SSSR count). The van der Waals surface area contributed by atoms with E-state index >= 15 is 0 Å². The summed E-state index contributed by atoms with van der Waals surface area (Å²) in [5.74, 6) is 1.17. The van der Waals surface area contributed by atoms with Gasteiger partial charge < -0.3 is 15.7 Å². The van der Waals surface area contributed by atoms with Crippen molar-refractivity contribution >= 4 is 28.7 Å². The first-order valence-electron chi connectivity index (χ1n) is 12.6. The number of rotatable bonds is 8. The first-order valence-corrected chi connectivity index (χ1v) is 12.6. The molecular weight excluding hydrogens is 464 g/mol. The molecule has 3 N–H and O–H groups in total. The van der Waals surface area contributed by atoms with Crippen LogP contribution < -0.4 is 10.6 Å². The molecular formula is C26H33F2N7O. The molecule has 1 aliphatic carbocycles. The van der Waals surface area contributed by atoms with Crippen molar-refractivity contribution in [2.75, 3.05) is 17.7 Å². The normalized spacial score (nSPS) is 23.7. The van der Waals surface area contributed by atoms with Gasteiger partial charge in [-0.25, -0.2) is 18.3 Å². The highest BCUT2D eigenvalue weighted by molar-refractivity contribution is 5.96. The first-order chi connectivity index (χ1) is 17.2. The van der Waals surface area contributed by atoms with Crippen molar-refractivity contribution < 1.29 is 13.9 Å². The SMILES string of the molecule is CNc1nc(NC2CCC(C)(O)CC2)nn2ccc(-c3ccc4c(n3)C(CCCC(F)F)C(C)=N4)c12. The highest BCUT2D eigenvalue weighted by Gasteiger charge is 2.30. The van der Waals surface area contributed by atoms with Gasteiger partial charge in [0.25, 0.3) is 0 Å². The third-order valence-electron chi connectivity index (χ3n) is 7.37. The molecule has 8 nitrogen and oxygen atoms in total. The molecule has 3 aromatic heterocycles. The van der Waals surface area contributed by atoms with E-state index in [1.165, 1.54) is 0 Å². The van der Waals surface area contributed by atoms with Gasteiger partial charge in [0.1, 0.15) is 5.52 Å². The third kappa shape index (κ3) is 4.91. The summed E-state index contributed by atoms with van der Waals surface area (Å²) in [6.07, 6.45) is 3.74. The number of aliphatic imine (C=N–C) groups is 1. The van der Waals surface area contributed by atoms with Crippen LogP contribution in [0.5, 0.6) is 0 Å². The van der Waals surface area contributed by atoms with Crippen molar-refractivity contribution in [1.82, 2.24) is 19.6 Å². The minimum atomic E-state index is -2.29. The second-order valence-corrected chi connectivity index (χ2v) is 10.2. The van der Waals surface area contributed by atoms with E-state index in [1.807, 2.05) is 45.3 Å². The average molecular weight is 498 g/mol. The van der Waals surface area contributed by atoms with Crippen molar-refractivity contribution in [2.45, 2.75) is 82.8 Å². The predicted octanol–water partition coefficient (Wildman–Crippen LogP) is 5.56. The van der Waals surface area contributed by atoms with Crippen molar-refractivity contribution in [3.05, 3.63) is 30.1 Å². The molecule has 0 radical (unpaired) electrons. The zero-order valence-corrected chi connectivity index (χ0v) is 20.9. The number of alkyl halides is 2. The summed E-state index contributed by atoms with van der Waals surface area (Å²) in [5.41, 5.74) is 4.45. The summed E-state index contributed by atoms with van der Waals surface area (Å²) < 4.78 is 27.2. The molecule has 3 aromatic rings. The molecule has 0 bridgehead atoms. The fraction of sp³-hybridized carbons (Fsp3) is 0.538. The Labute approximate surface area is 209 Å². The molecule has 192 valence electrons. The van der Waals surface area contributed by atoms with E-state index in [0.29, 0.717) is 24.6 Å². The molecule has 0 spiro atoms. The van der Waals surface area contributed by atoms with Gasteiger partial charge in [-0.15, -0.1) is 5.10 Å². The quantitative estimate of drug-likeness (QED) is 0.377. The van der Waals surface area contributed by atoms with E-state index in [9.17, 15) is 13.9 Å². The number of nitrogens with one attached hydrogen (secondary N) is 2. The van der Waals surface area contributed by atoms with Crippen LogP contribution in [-0.4, -0.2) is 55.5 Å². The minimum Gasteiger partial charge on any atom is -0.390 e. The van der Waals surface area contributed by atoms with Crippen LogP contribution in [0.4, 0.5) is 26.2 Å². The summed E-state index contributed by atoms with van der Waals surface area (Å²) in [6, 6.07) is 6.07. The smallest absolute Gasteiger partial charge is 0.243 e. The Morgan fingerprint density at radius 1 is 1.19 bits per heavy atom. The Morgan fingerprint density at radius 3 is 2.69 bits per heavy atom. The Morgan fingerprint density at radius 2 is 1.97 bits per heavy atom. The molecule has 10 heteroatoms. The van der Waals surface area contributed by atoms with Crippen LogP contribution in [0.2, 0.25) is 0 Å². The lowest BCUT2D eigenvalue weighted by Gasteiger charge is -2.33. The molecule has 1 aliphatic heterocycles. The lowest BCUT2D eigenvalue weighted by Crippen LogP contribution is -2.36. The maximum Gasteiger partial charge on any atom is 0.243 e. The van der Waals surface area contributed by atoms with Gasteiger partial charge in [-0.1, -0.05) is 0 Å². The number of halogens is 2. The van der Waals surface area contributed by atoms with Gasteiger partial charge in [-0.05, 0) is 70.6 Å². The van der Waals surface area contributed by atoms with E-state index in [-0.39, 0.29) is 18.4 Å². The molecule has 2 aliphatic rings. The number of anilines is 2. The van der Waals surface area contributed by atoms with Crippen LogP contribution in [0, 0.1) is 0 Å². The molecule has 1 fully saturated rings. The Kier molecular flexibility index (Phi) is 6.63. The summed E-state index contributed by atoms with van der Waals surface area (Å²) in [5, 5.41) is 21.5. The van der Waals surface area contributed by atoms with Crippen molar-refractivity contribution in [3.8, 4) is 11.3 Å². The van der Waals surface area contributed by atoms with Crippen LogP contribution in [0.3, 0.4) is 0 Å². The zero-order chi connectivity index (χ0) is 25.4. The standard InChI is InChI=1S/C26H33F2N7O/c1-15-17(5-4-6-21(27)28)22-20(30-15)8-7-19(32-22)18-11-14-35-23(18)24(29-3)33-25(34-35)31-16-9-12-26(2,36)13-10-16/h7-8,11,14,16-17,21,36H,4-6,9-10,12-13H2,1-3H3,(H2,29,31,33,34). The Balaban J connectivity index is 1.42. The van der Waals surface area contributed by atoms with Crippen LogP contribution in [0.25, 0.3) is 16.8 Å². The van der Waals surface area contributed by atoms with Gasteiger partial charge in [-0.2, -0.15) is 4.98 Å². The molecule has 36 heavy (non-hydrogen) atoms. The second kappa shape index (κ2) is 9.72. The molecule has 0 amide bonds. The van der Waals surface area contributed by atoms with E-state index in [1.54, 1.807) is 4.52 Å². The average Bonchev–Trinajstić information content (AvgIpc) is 3.40. The molecule has 0 aromatic carbocycles. The molecule has 4 heterocycles. The summed E-state index contributed by atoms with van der Waals surface area (Å²) >= 11 is 0. The fourth-order valence-corrected chi connectivity index (χ4v) is 5.29. The van der Waals surface area contributed by atoms with Gasteiger partial charge in [0.2, 0.25) is 12.4 Å². The van der Waals surface area contributed by atoms with Crippen LogP contribution in [-0.2, 0) is 0 Å². The van der Waals surface area contributed by atoms with Crippen LogP contribution in [0.15, 0.2) is 29.4 Å². The lowest BCUT2D eigenvalue weighted by atomic mass is 9.84. The first kappa shape index (κ1) is 24.5. The van der Waals surface area contributed by atoms with Gasteiger partial charge in [0.05, 0.1) is 22.7 Å². The van der Waals surface area contributed by atoms with E-state index in [0.717, 1.165) is 59.6 Å². The van der Waals surface area contributed by atoms with Crippen LogP contribution in [0.1, 0.15) is 70.4 Å². The van der Waals surface area contributed by atoms with E-state index in [4.69, 9.17) is 9.97 Å². The van der Waals surface area contributed by atoms with Gasteiger partial charge >= 0.3 is 0 Å². The number of hydrogen-bond donors (Lipinski definition) is 3. The topological polar surface area (TPSA) is 99.7 Å². The number of nitrogens with zero attached hydrogens (tertiary/aromatic N) is 5. The molecule has 1 atom stereocenters. The monoisotopic (exact) mass is 497 g/mol. The summed E-state index contributed by atoms with van der Waals surface area (Å²) in [7, 11) is 1.83. The summed E-state index contributed by atoms with van der Waals surface area (Å²) in [4.78, 5) is 14.3. The van der Waals surface area contributed by atoms with Crippen molar-refractivity contribution in [1.29, 1.82) is 0 Å². The number of aromatic nitrogens is 4. The number of hydrogen-bond acceptors (Lipinski definition) is 7. The van der Waals surface area contributed by atoms with Gasteiger partial charge in [-0.3, -0.25) is 4.99 Å². The lowest BCUT2D eigenvalue weighted by molar-refractivity contribution is 0.0195. The van der Waals surface area contributed by atoms with Crippen molar-refractivity contribution in [2.24, 2.45) is 4.99 Å². The maximum absolute atomic E-state index is 12.7. The third-order valence-corrected chi connectivity index (χ3v) is 7.37. The zero-order valence-electron chi connectivity index (χ0n) is 20.9. The Hall–Kier alpha value is -3.14. The minimum absolute atomic E-state index is 0.0420. The molecule has 1 unspecified atom stereocenters. The van der Waals surface area contributed by atoms with Crippen molar-refractivity contribution in [3.63, 3.8) is 0 Å².